The van der Waals surface area contributed by atoms with Gasteiger partial charge in [0.05, 0.1) is 0 Å². The third-order valence-electron chi connectivity index (χ3n) is 8.59. The Bertz CT molecular complexity index is 1480. The summed E-state index contributed by atoms with van der Waals surface area (Å²) in [6.45, 7) is 23.9. The van der Waals surface area contributed by atoms with Crippen molar-refractivity contribution in [1.29, 1.82) is 0 Å². The molecule has 0 nitrogen and oxygen atoms in total. The van der Waals surface area contributed by atoms with Crippen LogP contribution < -0.4 is 0 Å². The molecule has 0 unspecified atom stereocenters. The fourth-order valence-corrected chi connectivity index (χ4v) is 6.14. The molecule has 0 bridgehead atoms. The average Bonchev–Trinajstić information content (AvgIpc) is 3.08. The Kier molecular flexibility index (Phi) is 22.4. The first-order valence-corrected chi connectivity index (χ1v) is 18.4. The number of hydrogen-bond donors (Lipinski definition) is 0. The molecule has 0 aliphatic heterocycles. The number of benzene rings is 3. The van der Waals surface area contributed by atoms with Gasteiger partial charge in [0.2, 0.25) is 0 Å². The molecular weight excluding hydrogens is 565 g/mol. The van der Waals surface area contributed by atoms with Crippen molar-refractivity contribution in [1.82, 2.24) is 0 Å². The van der Waals surface area contributed by atoms with Crippen molar-refractivity contribution in [2.45, 2.75) is 126 Å². The maximum Gasteiger partial charge on any atom is -0.00240 e. The topological polar surface area (TPSA) is 0 Å². The first kappa shape index (κ1) is 41.4. The van der Waals surface area contributed by atoms with Crippen LogP contribution in [0.3, 0.4) is 0 Å². The molecule has 1 aliphatic rings. The van der Waals surface area contributed by atoms with E-state index in [1.165, 1.54) is 102 Å². The molecule has 47 heavy (non-hydrogen) atoms. The highest BCUT2D eigenvalue weighted by atomic mass is 14.3. The van der Waals surface area contributed by atoms with Crippen molar-refractivity contribution in [3.63, 3.8) is 0 Å². The molecular formula is C47H66. The number of hydrogen-bond acceptors (Lipinski definition) is 0. The zero-order chi connectivity index (χ0) is 34.9. The molecule has 0 heteroatoms. The Morgan fingerprint density at radius 3 is 2.02 bits per heavy atom. The van der Waals surface area contributed by atoms with Crippen molar-refractivity contribution < 1.29 is 0 Å². The van der Waals surface area contributed by atoms with Crippen LogP contribution in [0.15, 0.2) is 128 Å². The van der Waals surface area contributed by atoms with Crippen LogP contribution in [-0.4, -0.2) is 0 Å². The quantitative estimate of drug-likeness (QED) is 0.125. The molecule has 0 amide bonds. The zero-order valence-corrected chi connectivity index (χ0v) is 31.4. The molecule has 1 saturated carbocycles. The minimum atomic E-state index is 0.645. The molecule has 1 aliphatic carbocycles. The fraction of sp³-hybridized carbons (Fsp3) is 0.404. The summed E-state index contributed by atoms with van der Waals surface area (Å²) in [6, 6.07) is 18.3. The number of fused-ring (bicyclic) bond motifs is 3. The van der Waals surface area contributed by atoms with Crippen LogP contribution in [0, 0.1) is 0 Å². The second-order valence-electron chi connectivity index (χ2n) is 12.1. The predicted molar refractivity (Wildman–Crippen MR) is 219 cm³/mol. The summed E-state index contributed by atoms with van der Waals surface area (Å²) in [7, 11) is 0. The standard InChI is InChI=1S/C33H38.C9H16.C3H6.C2H6/c1-4-6-7-11-16-25(3)29(5-2)33-31(26-17-12-9-8-10-13-18-26)24-23-28-22-21-27-19-14-15-20-30(27)32(28)33;1-4-6-7-8-9(3)5-2;1-3-2;1-2/h4-7,14-16,19-24,26H,1,8-13,17-18H2,2-3H3;5,7-8H,4,6H2,1-3H3;3H,1H2,2H3;1-2H3/b7-6+,25-16-,29-5+;8-7-,9-5+;;. The highest BCUT2D eigenvalue weighted by Crippen LogP contribution is 2.42. The molecule has 3 aromatic carbocycles. The molecule has 0 atom stereocenters. The van der Waals surface area contributed by atoms with E-state index in [2.05, 4.69) is 133 Å². The monoisotopic (exact) mass is 631 g/mol. The Hall–Kier alpha value is -3.64. The van der Waals surface area contributed by atoms with E-state index in [-0.39, 0.29) is 0 Å². The minimum absolute atomic E-state index is 0.645. The van der Waals surface area contributed by atoms with E-state index in [1.54, 1.807) is 11.6 Å². The lowest BCUT2D eigenvalue weighted by Gasteiger charge is -2.26. The number of allylic oxidation sites excluding steroid dienone is 12. The minimum Gasteiger partial charge on any atom is -0.103 e. The van der Waals surface area contributed by atoms with Crippen molar-refractivity contribution in [2.24, 2.45) is 0 Å². The van der Waals surface area contributed by atoms with E-state index in [0.29, 0.717) is 5.92 Å². The maximum atomic E-state index is 3.80. The number of rotatable bonds is 9. The predicted octanol–water partition coefficient (Wildman–Crippen LogP) is 15.8. The van der Waals surface area contributed by atoms with Gasteiger partial charge >= 0.3 is 0 Å². The van der Waals surface area contributed by atoms with E-state index in [4.69, 9.17) is 0 Å². The van der Waals surface area contributed by atoms with E-state index < -0.39 is 0 Å². The maximum absolute atomic E-state index is 3.80. The van der Waals surface area contributed by atoms with Crippen LogP contribution in [0.5, 0.6) is 0 Å². The third-order valence-corrected chi connectivity index (χ3v) is 8.59. The van der Waals surface area contributed by atoms with Gasteiger partial charge in [-0.15, -0.1) is 6.58 Å². The molecule has 0 heterocycles. The van der Waals surface area contributed by atoms with Gasteiger partial charge in [-0.3, -0.25) is 0 Å². The lowest BCUT2D eigenvalue weighted by Crippen LogP contribution is -2.07. The average molecular weight is 631 g/mol. The van der Waals surface area contributed by atoms with Gasteiger partial charge in [0, 0.05) is 0 Å². The van der Waals surface area contributed by atoms with Crippen LogP contribution in [0.1, 0.15) is 137 Å². The van der Waals surface area contributed by atoms with Gasteiger partial charge in [-0.05, 0) is 110 Å². The van der Waals surface area contributed by atoms with Crippen molar-refractivity contribution >= 4 is 27.1 Å². The van der Waals surface area contributed by atoms with Gasteiger partial charge in [0.1, 0.15) is 0 Å². The van der Waals surface area contributed by atoms with Crippen molar-refractivity contribution in [3.8, 4) is 0 Å². The molecule has 0 spiro atoms. The molecule has 0 N–H and O–H groups in total. The molecule has 1 fully saturated rings. The normalized spacial score (nSPS) is 14.8. The molecule has 0 saturated heterocycles. The fourth-order valence-electron chi connectivity index (χ4n) is 6.14. The Morgan fingerprint density at radius 2 is 1.40 bits per heavy atom. The summed E-state index contributed by atoms with van der Waals surface area (Å²) >= 11 is 0. The zero-order valence-electron chi connectivity index (χ0n) is 31.4. The molecule has 0 radical (unpaired) electrons. The summed E-state index contributed by atoms with van der Waals surface area (Å²) < 4.78 is 0. The first-order chi connectivity index (χ1) is 23.0. The van der Waals surface area contributed by atoms with Gasteiger partial charge in [0.15, 0.2) is 0 Å². The van der Waals surface area contributed by atoms with Gasteiger partial charge in [-0.25, -0.2) is 0 Å². The van der Waals surface area contributed by atoms with Crippen LogP contribution in [0.25, 0.3) is 27.1 Å². The summed E-state index contributed by atoms with van der Waals surface area (Å²) in [5.41, 5.74) is 7.13. The molecule has 254 valence electrons. The highest BCUT2D eigenvalue weighted by molar-refractivity contribution is 6.14. The molecule has 0 aromatic heterocycles. The largest absolute Gasteiger partial charge is 0.103 e. The third kappa shape index (κ3) is 13.9. The second-order valence-corrected chi connectivity index (χ2v) is 12.1. The van der Waals surface area contributed by atoms with Crippen LogP contribution in [-0.2, 0) is 0 Å². The van der Waals surface area contributed by atoms with E-state index >= 15 is 0 Å². The van der Waals surface area contributed by atoms with E-state index in [0.717, 1.165) is 6.42 Å². The van der Waals surface area contributed by atoms with Crippen molar-refractivity contribution in [2.75, 3.05) is 0 Å². The SMILES string of the molecule is C/C=C(C)/C=C\CCC.C=C/C=C/C/C=C(C)\C(=C/C)c1c(C2CCCCCCC2)ccc2ccc3ccccc3c12.C=CC.CC. The number of unbranched alkanes of at least 4 members (excludes halogenated alkanes) is 1. The van der Waals surface area contributed by atoms with Gasteiger partial charge < -0.3 is 0 Å². The van der Waals surface area contributed by atoms with Gasteiger partial charge in [-0.2, -0.15) is 0 Å². The Labute approximate surface area is 290 Å². The van der Waals surface area contributed by atoms with E-state index in [9.17, 15) is 0 Å². The van der Waals surface area contributed by atoms with E-state index in [1.807, 2.05) is 32.9 Å². The smallest absolute Gasteiger partial charge is 0.00240 e. The van der Waals surface area contributed by atoms with Crippen LogP contribution in [0.2, 0.25) is 0 Å². The second kappa shape index (κ2) is 25.4. The molecule has 4 rings (SSSR count). The Morgan fingerprint density at radius 1 is 0.787 bits per heavy atom. The summed E-state index contributed by atoms with van der Waals surface area (Å²) in [5.74, 6) is 0.645. The summed E-state index contributed by atoms with van der Waals surface area (Å²) in [6.07, 6.45) is 31.9. The molecule has 3 aromatic rings. The van der Waals surface area contributed by atoms with Crippen molar-refractivity contribution in [3.05, 3.63) is 139 Å². The summed E-state index contributed by atoms with van der Waals surface area (Å²) in [4.78, 5) is 0. The summed E-state index contributed by atoms with van der Waals surface area (Å²) in [5, 5.41) is 5.47. The van der Waals surface area contributed by atoms with Gasteiger partial charge in [0.25, 0.3) is 0 Å². The Balaban J connectivity index is 0.000000670. The lowest BCUT2D eigenvalue weighted by atomic mass is 9.78. The lowest BCUT2D eigenvalue weighted by molar-refractivity contribution is 0.455. The van der Waals surface area contributed by atoms with Gasteiger partial charge in [-0.1, -0.05) is 175 Å². The first-order valence-electron chi connectivity index (χ1n) is 18.4. The highest BCUT2D eigenvalue weighted by Gasteiger charge is 2.22. The van der Waals surface area contributed by atoms with Crippen LogP contribution >= 0.6 is 0 Å². The van der Waals surface area contributed by atoms with Crippen LogP contribution in [0.4, 0.5) is 0 Å².